The first kappa shape index (κ1) is 17.8. The second kappa shape index (κ2) is 7.95. The number of nitrogens with zero attached hydrogens (tertiary/aromatic N) is 2. The van der Waals surface area contributed by atoms with E-state index < -0.39 is 0 Å². The minimum atomic E-state index is -0.0750. The normalized spacial score (nSPS) is 19.1. The van der Waals surface area contributed by atoms with Gasteiger partial charge in [-0.05, 0) is 30.9 Å². The number of carbonyl (C=O) groups excluding carboxylic acids is 1. The molecular formula is C23H26N2O2. The van der Waals surface area contributed by atoms with Gasteiger partial charge in [0.15, 0.2) is 6.10 Å². The molecule has 4 rings (SSSR count). The van der Waals surface area contributed by atoms with Gasteiger partial charge in [-0.1, -0.05) is 71.7 Å². The molecule has 0 spiro atoms. The van der Waals surface area contributed by atoms with Gasteiger partial charge in [0.05, 0.1) is 12.3 Å². The summed E-state index contributed by atoms with van der Waals surface area (Å²) in [5.74, 6) is 0.449. The van der Waals surface area contributed by atoms with Crippen LogP contribution in [0, 0.1) is 12.8 Å². The van der Waals surface area contributed by atoms with Crippen LogP contribution in [0.25, 0.3) is 0 Å². The van der Waals surface area contributed by atoms with Gasteiger partial charge in [-0.3, -0.25) is 4.79 Å². The molecule has 4 heteroatoms. The zero-order chi connectivity index (χ0) is 18.6. The van der Waals surface area contributed by atoms with Crippen LogP contribution in [0.4, 0.5) is 0 Å². The van der Waals surface area contributed by atoms with Gasteiger partial charge in [-0.15, -0.1) is 0 Å². The summed E-state index contributed by atoms with van der Waals surface area (Å²) >= 11 is 0. The Morgan fingerprint density at radius 1 is 1.11 bits per heavy atom. The molecule has 1 aliphatic carbocycles. The molecule has 1 heterocycles. The molecule has 2 aromatic rings. The lowest BCUT2D eigenvalue weighted by Gasteiger charge is -2.32. The van der Waals surface area contributed by atoms with Crippen molar-refractivity contribution in [3.05, 3.63) is 71.3 Å². The standard InChI is InChI=1S/C23H26N2O2/c1-17-10-12-19(13-11-17)22-14-21(27-24-22)16-25(23(26)20-8-5-9-20)15-18-6-3-2-4-7-18/h2-4,6-7,10-13,20-21H,5,8-9,14-16H2,1H3/t21-/m1/s1. The van der Waals surface area contributed by atoms with E-state index in [1.54, 1.807) is 0 Å². The van der Waals surface area contributed by atoms with Crippen molar-refractivity contribution in [1.82, 2.24) is 4.90 Å². The summed E-state index contributed by atoms with van der Waals surface area (Å²) in [6.45, 7) is 3.30. The lowest BCUT2D eigenvalue weighted by Crippen LogP contribution is -2.42. The molecule has 0 N–H and O–H groups in total. The van der Waals surface area contributed by atoms with E-state index in [0.717, 1.165) is 42.5 Å². The van der Waals surface area contributed by atoms with Crippen molar-refractivity contribution < 1.29 is 9.63 Å². The molecule has 1 fully saturated rings. The number of aryl methyl sites for hydroxylation is 1. The molecule has 0 aromatic heterocycles. The fourth-order valence-electron chi connectivity index (χ4n) is 3.64. The second-order valence-electron chi connectivity index (χ2n) is 7.67. The van der Waals surface area contributed by atoms with Crippen LogP contribution in [0.5, 0.6) is 0 Å². The van der Waals surface area contributed by atoms with Gasteiger partial charge in [-0.2, -0.15) is 0 Å². The van der Waals surface area contributed by atoms with E-state index in [2.05, 4.69) is 48.5 Å². The van der Waals surface area contributed by atoms with E-state index in [4.69, 9.17) is 4.84 Å². The van der Waals surface area contributed by atoms with E-state index in [0.29, 0.717) is 13.1 Å². The third kappa shape index (κ3) is 4.21. The smallest absolute Gasteiger partial charge is 0.226 e. The Bertz CT molecular complexity index is 810. The average Bonchev–Trinajstić information content (AvgIpc) is 3.10. The molecule has 1 saturated carbocycles. The van der Waals surface area contributed by atoms with Gasteiger partial charge in [0.1, 0.15) is 0 Å². The molecule has 4 nitrogen and oxygen atoms in total. The molecule has 0 radical (unpaired) electrons. The highest BCUT2D eigenvalue weighted by Gasteiger charge is 2.32. The molecule has 2 aliphatic rings. The number of carbonyl (C=O) groups is 1. The van der Waals surface area contributed by atoms with Gasteiger partial charge in [0.2, 0.25) is 5.91 Å². The molecule has 140 valence electrons. The average molecular weight is 362 g/mol. The van der Waals surface area contributed by atoms with Crippen molar-refractivity contribution in [2.24, 2.45) is 11.1 Å². The molecule has 1 atom stereocenters. The predicted octanol–water partition coefficient (Wildman–Crippen LogP) is 4.32. The molecule has 2 aromatic carbocycles. The summed E-state index contributed by atoms with van der Waals surface area (Å²) in [7, 11) is 0. The summed E-state index contributed by atoms with van der Waals surface area (Å²) in [5, 5.41) is 4.29. The van der Waals surface area contributed by atoms with Crippen molar-refractivity contribution in [3.63, 3.8) is 0 Å². The topological polar surface area (TPSA) is 41.9 Å². The molecular weight excluding hydrogens is 336 g/mol. The van der Waals surface area contributed by atoms with E-state index in [1.807, 2.05) is 23.1 Å². The zero-order valence-electron chi connectivity index (χ0n) is 15.8. The first-order valence-electron chi connectivity index (χ1n) is 9.81. The van der Waals surface area contributed by atoms with Crippen molar-refractivity contribution in [3.8, 4) is 0 Å². The first-order chi connectivity index (χ1) is 13.2. The Labute approximate surface area is 160 Å². The number of hydrogen-bond acceptors (Lipinski definition) is 3. The maximum Gasteiger partial charge on any atom is 0.226 e. The molecule has 1 amide bonds. The maximum atomic E-state index is 12.9. The molecule has 27 heavy (non-hydrogen) atoms. The van der Waals surface area contributed by atoms with Crippen LogP contribution in [-0.2, 0) is 16.2 Å². The molecule has 1 aliphatic heterocycles. The van der Waals surface area contributed by atoms with Gasteiger partial charge in [0, 0.05) is 18.9 Å². The highest BCUT2D eigenvalue weighted by molar-refractivity contribution is 6.01. The van der Waals surface area contributed by atoms with Crippen LogP contribution in [-0.4, -0.2) is 29.2 Å². The van der Waals surface area contributed by atoms with Crippen LogP contribution in [0.15, 0.2) is 59.8 Å². The van der Waals surface area contributed by atoms with E-state index in [1.165, 1.54) is 5.56 Å². The Morgan fingerprint density at radius 2 is 1.85 bits per heavy atom. The fraction of sp³-hybridized carbons (Fsp3) is 0.391. The molecule has 0 saturated heterocycles. The molecule has 0 bridgehead atoms. The van der Waals surface area contributed by atoms with E-state index >= 15 is 0 Å². The third-order valence-electron chi connectivity index (χ3n) is 5.52. The number of rotatable bonds is 6. The number of hydrogen-bond donors (Lipinski definition) is 0. The van der Waals surface area contributed by atoms with E-state index in [-0.39, 0.29) is 17.9 Å². The highest BCUT2D eigenvalue weighted by atomic mass is 16.6. The quantitative estimate of drug-likeness (QED) is 0.768. The Morgan fingerprint density at radius 3 is 2.52 bits per heavy atom. The van der Waals surface area contributed by atoms with Gasteiger partial charge >= 0.3 is 0 Å². The van der Waals surface area contributed by atoms with Crippen molar-refractivity contribution in [1.29, 1.82) is 0 Å². The van der Waals surface area contributed by atoms with Crippen LogP contribution in [0.1, 0.15) is 42.4 Å². The first-order valence-corrected chi connectivity index (χ1v) is 9.81. The second-order valence-corrected chi connectivity index (χ2v) is 7.67. The lowest BCUT2D eigenvalue weighted by atomic mass is 9.84. The van der Waals surface area contributed by atoms with Crippen LogP contribution in [0.2, 0.25) is 0 Å². The number of amides is 1. The molecule has 0 unspecified atom stereocenters. The van der Waals surface area contributed by atoms with Crippen molar-refractivity contribution >= 4 is 11.6 Å². The fourth-order valence-corrected chi connectivity index (χ4v) is 3.64. The number of benzene rings is 2. The van der Waals surface area contributed by atoms with E-state index in [9.17, 15) is 4.79 Å². The summed E-state index contributed by atoms with van der Waals surface area (Å²) < 4.78 is 0. The van der Waals surface area contributed by atoms with Crippen LogP contribution < -0.4 is 0 Å². The summed E-state index contributed by atoms with van der Waals surface area (Å²) in [6.07, 6.45) is 3.86. The minimum absolute atomic E-state index is 0.0750. The Hall–Kier alpha value is -2.62. The van der Waals surface area contributed by atoms with Gasteiger partial charge in [0.25, 0.3) is 0 Å². The van der Waals surface area contributed by atoms with Crippen LogP contribution in [0.3, 0.4) is 0 Å². The van der Waals surface area contributed by atoms with Crippen LogP contribution >= 0.6 is 0 Å². The Kier molecular flexibility index (Phi) is 5.23. The maximum absolute atomic E-state index is 12.9. The SMILES string of the molecule is Cc1ccc(C2=NO[C@@H](CN(Cc3ccccc3)C(=O)C3CCC3)C2)cc1. The third-order valence-corrected chi connectivity index (χ3v) is 5.52. The highest BCUT2D eigenvalue weighted by Crippen LogP contribution is 2.29. The van der Waals surface area contributed by atoms with Gasteiger partial charge in [-0.25, -0.2) is 0 Å². The number of oxime groups is 1. The monoisotopic (exact) mass is 362 g/mol. The lowest BCUT2D eigenvalue weighted by molar-refractivity contribution is -0.140. The Balaban J connectivity index is 1.42. The minimum Gasteiger partial charge on any atom is -0.390 e. The summed E-state index contributed by atoms with van der Waals surface area (Å²) in [6, 6.07) is 18.5. The summed E-state index contributed by atoms with van der Waals surface area (Å²) in [4.78, 5) is 20.6. The summed E-state index contributed by atoms with van der Waals surface area (Å²) in [5.41, 5.74) is 4.46. The largest absolute Gasteiger partial charge is 0.390 e. The zero-order valence-corrected chi connectivity index (χ0v) is 15.8. The van der Waals surface area contributed by atoms with Crippen molar-refractivity contribution in [2.75, 3.05) is 6.54 Å². The predicted molar refractivity (Wildman–Crippen MR) is 106 cm³/mol. The van der Waals surface area contributed by atoms with Gasteiger partial charge < -0.3 is 9.74 Å². The van der Waals surface area contributed by atoms with Crippen molar-refractivity contribution in [2.45, 2.75) is 45.3 Å².